The Balaban J connectivity index is 2.73. The van der Waals surface area contributed by atoms with Crippen molar-refractivity contribution in [3.8, 4) is 0 Å². The fourth-order valence-electron chi connectivity index (χ4n) is 1.58. The third-order valence-corrected chi connectivity index (χ3v) is 2.36. The smallest absolute Gasteiger partial charge is 0.184 e. The molecule has 6 nitrogen and oxygen atoms in total. The van der Waals surface area contributed by atoms with E-state index < -0.39 is 30.7 Å². The number of aliphatic hydroxyl groups excluding tert-OH is 3. The highest BCUT2D eigenvalue weighted by Crippen LogP contribution is 2.23. The van der Waals surface area contributed by atoms with Gasteiger partial charge in [-0.3, -0.25) is 0 Å². The van der Waals surface area contributed by atoms with Gasteiger partial charge in [0.05, 0.1) is 6.61 Å². The van der Waals surface area contributed by atoms with Crippen LogP contribution in [0.25, 0.3) is 0 Å². The largest absolute Gasteiger partial charge is 0.394 e. The monoisotopic (exact) mass is 208 g/mol. The van der Waals surface area contributed by atoms with Crippen molar-refractivity contribution >= 4 is 0 Å². The lowest BCUT2D eigenvalue weighted by Crippen LogP contribution is -2.59. The first-order valence-corrected chi connectivity index (χ1v) is 4.33. The molecule has 1 saturated heterocycles. The Labute approximate surface area is 82.0 Å². The maximum absolute atomic E-state index is 9.65. The molecule has 5 atom stereocenters. The maximum Gasteiger partial charge on any atom is 0.184 e. The lowest BCUT2D eigenvalue weighted by molar-refractivity contribution is -0.295. The van der Waals surface area contributed by atoms with Crippen LogP contribution >= 0.6 is 0 Å². The van der Waals surface area contributed by atoms with Gasteiger partial charge in [-0.2, -0.15) is 0 Å². The SMILES string of the molecule is CO[C@@H]1[C@H](O)[C@@H](CO)O[C@@H](O)[C@@H]1OC. The van der Waals surface area contributed by atoms with Crippen LogP contribution in [0.5, 0.6) is 0 Å². The van der Waals surface area contributed by atoms with Crippen LogP contribution in [0, 0.1) is 0 Å². The van der Waals surface area contributed by atoms with Crippen LogP contribution in [0.1, 0.15) is 0 Å². The highest BCUT2D eigenvalue weighted by Gasteiger charge is 2.44. The molecule has 0 amide bonds. The minimum absolute atomic E-state index is 0.380. The summed E-state index contributed by atoms with van der Waals surface area (Å²) in [6.45, 7) is -0.380. The second-order valence-electron chi connectivity index (χ2n) is 3.14. The number of ether oxygens (including phenoxy) is 3. The minimum atomic E-state index is -1.20. The molecule has 1 rings (SSSR count). The van der Waals surface area contributed by atoms with E-state index in [1.54, 1.807) is 0 Å². The Kier molecular flexibility index (Phi) is 4.24. The normalized spacial score (nSPS) is 43.9. The molecular formula is C8H16O6. The van der Waals surface area contributed by atoms with Gasteiger partial charge in [0.2, 0.25) is 0 Å². The maximum atomic E-state index is 9.65. The molecule has 0 aliphatic carbocycles. The summed E-state index contributed by atoms with van der Waals surface area (Å²) in [5.74, 6) is 0. The highest BCUT2D eigenvalue weighted by atomic mass is 16.7. The lowest BCUT2D eigenvalue weighted by atomic mass is 9.99. The molecule has 0 saturated carbocycles. The summed E-state index contributed by atoms with van der Waals surface area (Å²) >= 11 is 0. The molecule has 0 aromatic carbocycles. The van der Waals surface area contributed by atoms with E-state index in [1.807, 2.05) is 0 Å². The van der Waals surface area contributed by atoms with Gasteiger partial charge in [-0.25, -0.2) is 0 Å². The Bertz CT molecular complexity index is 175. The zero-order chi connectivity index (χ0) is 10.7. The molecular weight excluding hydrogens is 192 g/mol. The number of hydrogen-bond acceptors (Lipinski definition) is 6. The van der Waals surface area contributed by atoms with Gasteiger partial charge in [0.1, 0.15) is 24.4 Å². The van der Waals surface area contributed by atoms with Crippen LogP contribution in [0.3, 0.4) is 0 Å². The molecule has 84 valence electrons. The van der Waals surface area contributed by atoms with Crippen LogP contribution in [-0.4, -0.2) is 66.9 Å². The standard InChI is InChI=1S/C8H16O6/c1-12-6-5(10)4(3-9)14-8(11)7(6)13-2/h4-11H,3H2,1-2H3/t4-,5-,6-,7-,8-/m1/s1. The van der Waals surface area contributed by atoms with Crippen molar-refractivity contribution in [2.45, 2.75) is 30.7 Å². The molecule has 0 bridgehead atoms. The molecule has 0 spiro atoms. The van der Waals surface area contributed by atoms with Gasteiger partial charge < -0.3 is 29.5 Å². The zero-order valence-corrected chi connectivity index (χ0v) is 8.16. The predicted molar refractivity (Wildman–Crippen MR) is 45.6 cm³/mol. The second kappa shape index (κ2) is 5.01. The van der Waals surface area contributed by atoms with Crippen LogP contribution in [0.4, 0.5) is 0 Å². The summed E-state index contributed by atoms with van der Waals surface area (Å²) in [4.78, 5) is 0. The third kappa shape index (κ3) is 2.05. The summed E-state index contributed by atoms with van der Waals surface area (Å²) in [7, 11) is 2.78. The van der Waals surface area contributed by atoms with Crippen LogP contribution in [-0.2, 0) is 14.2 Å². The molecule has 14 heavy (non-hydrogen) atoms. The van der Waals surface area contributed by atoms with Crippen LogP contribution in [0.15, 0.2) is 0 Å². The first-order valence-electron chi connectivity index (χ1n) is 4.33. The number of methoxy groups -OCH3 is 2. The average molecular weight is 208 g/mol. The van der Waals surface area contributed by atoms with Gasteiger partial charge in [0.15, 0.2) is 6.29 Å². The second-order valence-corrected chi connectivity index (χ2v) is 3.14. The van der Waals surface area contributed by atoms with E-state index in [2.05, 4.69) is 0 Å². The molecule has 0 aromatic heterocycles. The molecule has 6 heteroatoms. The predicted octanol–water partition coefficient (Wildman–Crippen LogP) is -1.91. The highest BCUT2D eigenvalue weighted by molar-refractivity contribution is 4.90. The molecule has 0 aromatic rings. The Morgan fingerprint density at radius 1 is 1.14 bits per heavy atom. The fourth-order valence-corrected chi connectivity index (χ4v) is 1.58. The number of hydrogen-bond donors (Lipinski definition) is 3. The van der Waals surface area contributed by atoms with E-state index in [0.717, 1.165) is 0 Å². The quantitative estimate of drug-likeness (QED) is 0.501. The topological polar surface area (TPSA) is 88.4 Å². The van der Waals surface area contributed by atoms with Gasteiger partial charge in [-0.1, -0.05) is 0 Å². The summed E-state index contributed by atoms with van der Waals surface area (Å²) in [5, 5.41) is 27.9. The van der Waals surface area contributed by atoms with Crippen molar-refractivity contribution in [1.82, 2.24) is 0 Å². The molecule has 1 fully saturated rings. The van der Waals surface area contributed by atoms with Crippen molar-refractivity contribution in [3.63, 3.8) is 0 Å². The third-order valence-electron chi connectivity index (χ3n) is 2.36. The van der Waals surface area contributed by atoms with Crippen molar-refractivity contribution in [3.05, 3.63) is 0 Å². The first kappa shape index (κ1) is 11.8. The Morgan fingerprint density at radius 3 is 2.14 bits per heavy atom. The Hall–Kier alpha value is -0.240. The van der Waals surface area contributed by atoms with Crippen molar-refractivity contribution in [1.29, 1.82) is 0 Å². The van der Waals surface area contributed by atoms with E-state index in [0.29, 0.717) is 0 Å². The Morgan fingerprint density at radius 2 is 1.71 bits per heavy atom. The minimum Gasteiger partial charge on any atom is -0.394 e. The van der Waals surface area contributed by atoms with Gasteiger partial charge in [0, 0.05) is 14.2 Å². The fraction of sp³-hybridized carbons (Fsp3) is 1.00. The van der Waals surface area contributed by atoms with E-state index >= 15 is 0 Å². The van der Waals surface area contributed by atoms with Gasteiger partial charge >= 0.3 is 0 Å². The van der Waals surface area contributed by atoms with Crippen LogP contribution < -0.4 is 0 Å². The molecule has 1 aliphatic heterocycles. The van der Waals surface area contributed by atoms with Crippen molar-refractivity contribution in [2.24, 2.45) is 0 Å². The summed E-state index contributed by atoms with van der Waals surface area (Å²) in [5.41, 5.74) is 0. The lowest BCUT2D eigenvalue weighted by Gasteiger charge is -2.40. The van der Waals surface area contributed by atoms with Gasteiger partial charge in [0.25, 0.3) is 0 Å². The molecule has 1 aliphatic rings. The zero-order valence-electron chi connectivity index (χ0n) is 8.16. The molecule has 1 heterocycles. The number of aliphatic hydroxyl groups is 3. The molecule has 0 unspecified atom stereocenters. The molecule has 3 N–H and O–H groups in total. The van der Waals surface area contributed by atoms with Crippen molar-refractivity contribution < 1.29 is 29.5 Å². The van der Waals surface area contributed by atoms with E-state index in [-0.39, 0.29) is 6.61 Å². The van der Waals surface area contributed by atoms with E-state index in [9.17, 15) is 10.2 Å². The average Bonchev–Trinajstić information content (AvgIpc) is 2.20. The van der Waals surface area contributed by atoms with Gasteiger partial charge in [-0.05, 0) is 0 Å². The summed E-state index contributed by atoms with van der Waals surface area (Å²) < 4.78 is 14.8. The summed E-state index contributed by atoms with van der Waals surface area (Å²) in [6, 6.07) is 0. The van der Waals surface area contributed by atoms with Gasteiger partial charge in [-0.15, -0.1) is 0 Å². The van der Waals surface area contributed by atoms with E-state index in [4.69, 9.17) is 19.3 Å². The van der Waals surface area contributed by atoms with Crippen LogP contribution in [0.2, 0.25) is 0 Å². The van der Waals surface area contributed by atoms with Crippen molar-refractivity contribution in [2.75, 3.05) is 20.8 Å². The molecule has 0 radical (unpaired) electrons. The number of rotatable bonds is 3. The first-order chi connectivity index (χ1) is 6.65. The summed E-state index contributed by atoms with van der Waals surface area (Å²) in [6.07, 6.45) is -4.52. The van der Waals surface area contributed by atoms with E-state index in [1.165, 1.54) is 14.2 Å².